The van der Waals surface area contributed by atoms with Gasteiger partial charge in [0, 0.05) is 11.4 Å². The summed E-state index contributed by atoms with van der Waals surface area (Å²) in [4.78, 5) is 23.6. The van der Waals surface area contributed by atoms with Crippen molar-refractivity contribution >= 4 is 33.1 Å². The van der Waals surface area contributed by atoms with Crippen LogP contribution in [0.3, 0.4) is 0 Å². The molecule has 0 aliphatic heterocycles. The predicted octanol–water partition coefficient (Wildman–Crippen LogP) is 3.19. The number of nitrogens with one attached hydrogen (secondary N) is 1. The second-order valence-electron chi connectivity index (χ2n) is 6.02. The van der Waals surface area contributed by atoms with Gasteiger partial charge in [0.2, 0.25) is 9.84 Å². The summed E-state index contributed by atoms with van der Waals surface area (Å²) in [5.74, 6) is -3.48. The van der Waals surface area contributed by atoms with Crippen molar-refractivity contribution in [2.75, 3.05) is 11.1 Å². The third kappa shape index (κ3) is 4.09. The molecular formula is C20H15FN2O5S. The Balaban J connectivity index is 1.94. The Labute approximate surface area is 165 Å². The average molecular weight is 414 g/mol. The number of aromatic carboxylic acids is 1. The van der Waals surface area contributed by atoms with E-state index in [-0.39, 0.29) is 15.5 Å². The molecule has 0 radical (unpaired) electrons. The molecule has 7 nitrogen and oxygen atoms in total. The number of anilines is 2. The van der Waals surface area contributed by atoms with Crippen LogP contribution in [-0.2, 0) is 9.84 Å². The van der Waals surface area contributed by atoms with Crippen LogP contribution in [0.2, 0.25) is 0 Å². The first-order chi connectivity index (χ1) is 13.7. The van der Waals surface area contributed by atoms with Gasteiger partial charge in [0.15, 0.2) is 0 Å². The third-order valence-electron chi connectivity index (χ3n) is 4.06. The molecule has 0 aliphatic carbocycles. The summed E-state index contributed by atoms with van der Waals surface area (Å²) >= 11 is 0. The molecule has 0 saturated carbocycles. The molecule has 0 saturated heterocycles. The van der Waals surface area contributed by atoms with Gasteiger partial charge in [-0.1, -0.05) is 12.1 Å². The van der Waals surface area contributed by atoms with Crippen LogP contribution >= 0.6 is 0 Å². The monoisotopic (exact) mass is 414 g/mol. The maximum atomic E-state index is 14.1. The molecule has 1 amide bonds. The van der Waals surface area contributed by atoms with Gasteiger partial charge < -0.3 is 16.2 Å². The predicted molar refractivity (Wildman–Crippen MR) is 104 cm³/mol. The second-order valence-corrected chi connectivity index (χ2v) is 7.97. The maximum absolute atomic E-state index is 14.1. The lowest BCUT2D eigenvalue weighted by Gasteiger charge is -2.11. The maximum Gasteiger partial charge on any atom is 0.336 e. The number of halogens is 1. The van der Waals surface area contributed by atoms with Crippen LogP contribution in [0, 0.1) is 5.82 Å². The van der Waals surface area contributed by atoms with E-state index in [2.05, 4.69) is 5.32 Å². The molecule has 0 aliphatic rings. The molecule has 0 atom stereocenters. The normalized spacial score (nSPS) is 11.1. The first-order valence-corrected chi connectivity index (χ1v) is 9.72. The van der Waals surface area contributed by atoms with Gasteiger partial charge >= 0.3 is 5.97 Å². The molecule has 9 heteroatoms. The van der Waals surface area contributed by atoms with E-state index in [1.165, 1.54) is 54.6 Å². The zero-order valence-electron chi connectivity index (χ0n) is 14.8. The van der Waals surface area contributed by atoms with E-state index in [1.54, 1.807) is 0 Å². The standard InChI is InChI=1S/C20H15FN2O5S/c21-17-6-2-5-16(20(25)26)18(17)19(24)23-13-3-1-4-15(11-13)29(27,28)14-9-7-12(22)8-10-14/h1-11H,22H2,(H,23,24)(H,25,26). The molecule has 3 rings (SSSR count). The van der Waals surface area contributed by atoms with Crippen molar-refractivity contribution in [3.8, 4) is 0 Å². The molecule has 0 aromatic heterocycles. The SMILES string of the molecule is Nc1ccc(S(=O)(=O)c2cccc(NC(=O)c3c(F)cccc3C(=O)O)c2)cc1. The average Bonchev–Trinajstić information content (AvgIpc) is 2.68. The minimum Gasteiger partial charge on any atom is -0.478 e. The molecule has 0 heterocycles. The van der Waals surface area contributed by atoms with Crippen molar-refractivity contribution < 1.29 is 27.5 Å². The fourth-order valence-electron chi connectivity index (χ4n) is 2.65. The number of nitrogens with two attached hydrogens (primary N) is 1. The van der Waals surface area contributed by atoms with Gasteiger partial charge in [-0.3, -0.25) is 4.79 Å². The lowest BCUT2D eigenvalue weighted by atomic mass is 10.1. The quantitative estimate of drug-likeness (QED) is 0.551. The summed E-state index contributed by atoms with van der Waals surface area (Å²) in [5, 5.41) is 11.5. The Bertz CT molecular complexity index is 1210. The van der Waals surface area contributed by atoms with Crippen LogP contribution in [0.4, 0.5) is 15.8 Å². The Morgan fingerprint density at radius 1 is 0.931 bits per heavy atom. The van der Waals surface area contributed by atoms with Crippen LogP contribution in [0.5, 0.6) is 0 Å². The van der Waals surface area contributed by atoms with Gasteiger partial charge in [-0.15, -0.1) is 0 Å². The third-order valence-corrected chi connectivity index (χ3v) is 5.83. The van der Waals surface area contributed by atoms with E-state index in [0.29, 0.717) is 5.69 Å². The number of hydrogen-bond donors (Lipinski definition) is 3. The highest BCUT2D eigenvalue weighted by Gasteiger charge is 2.22. The van der Waals surface area contributed by atoms with Crippen LogP contribution in [0.15, 0.2) is 76.5 Å². The zero-order chi connectivity index (χ0) is 21.2. The van der Waals surface area contributed by atoms with E-state index >= 15 is 0 Å². The molecule has 0 spiro atoms. The Morgan fingerprint density at radius 2 is 1.59 bits per heavy atom. The summed E-state index contributed by atoms with van der Waals surface area (Å²) in [6.07, 6.45) is 0. The fourth-order valence-corrected chi connectivity index (χ4v) is 3.96. The molecule has 3 aromatic rings. The van der Waals surface area contributed by atoms with E-state index in [9.17, 15) is 22.4 Å². The van der Waals surface area contributed by atoms with E-state index in [0.717, 1.165) is 12.1 Å². The summed E-state index contributed by atoms with van der Waals surface area (Å²) in [6, 6.07) is 14.2. The van der Waals surface area contributed by atoms with Gasteiger partial charge in [-0.05, 0) is 54.6 Å². The van der Waals surface area contributed by atoms with E-state index in [1.807, 2.05) is 0 Å². The topological polar surface area (TPSA) is 127 Å². The first kappa shape index (κ1) is 20.0. The van der Waals surface area contributed by atoms with Crippen LogP contribution in [0.25, 0.3) is 0 Å². The first-order valence-electron chi connectivity index (χ1n) is 8.24. The van der Waals surface area contributed by atoms with Crippen molar-refractivity contribution in [3.05, 3.63) is 83.7 Å². The number of rotatable bonds is 5. The van der Waals surface area contributed by atoms with Gasteiger partial charge in [-0.25, -0.2) is 17.6 Å². The van der Waals surface area contributed by atoms with Gasteiger partial charge in [0.25, 0.3) is 5.91 Å². The zero-order valence-corrected chi connectivity index (χ0v) is 15.6. The summed E-state index contributed by atoms with van der Waals surface area (Å²) < 4.78 is 39.6. The number of carboxylic acids is 1. The highest BCUT2D eigenvalue weighted by Crippen LogP contribution is 2.25. The van der Waals surface area contributed by atoms with Crippen LogP contribution in [0.1, 0.15) is 20.7 Å². The minimum atomic E-state index is -3.88. The molecule has 0 bridgehead atoms. The van der Waals surface area contributed by atoms with E-state index in [4.69, 9.17) is 10.8 Å². The summed E-state index contributed by atoms with van der Waals surface area (Å²) in [6.45, 7) is 0. The van der Waals surface area contributed by atoms with Crippen LogP contribution < -0.4 is 11.1 Å². The second kappa shape index (κ2) is 7.72. The fraction of sp³-hybridized carbons (Fsp3) is 0. The number of benzene rings is 3. The highest BCUT2D eigenvalue weighted by molar-refractivity contribution is 7.91. The van der Waals surface area contributed by atoms with Gasteiger partial charge in [-0.2, -0.15) is 0 Å². The lowest BCUT2D eigenvalue weighted by Crippen LogP contribution is -2.18. The Morgan fingerprint density at radius 3 is 2.24 bits per heavy atom. The number of hydrogen-bond acceptors (Lipinski definition) is 5. The number of sulfone groups is 1. The summed E-state index contributed by atoms with van der Waals surface area (Å²) in [5.41, 5.74) is 4.89. The molecule has 0 unspecified atom stereocenters. The van der Waals surface area contributed by atoms with Crippen LogP contribution in [-0.4, -0.2) is 25.4 Å². The van der Waals surface area contributed by atoms with Gasteiger partial charge in [0.1, 0.15) is 5.82 Å². The Kier molecular flexibility index (Phi) is 5.33. The highest BCUT2D eigenvalue weighted by atomic mass is 32.2. The van der Waals surface area contributed by atoms with Crippen molar-refractivity contribution in [1.82, 2.24) is 0 Å². The number of nitrogen functional groups attached to an aromatic ring is 1. The van der Waals surface area contributed by atoms with Crippen molar-refractivity contribution in [2.45, 2.75) is 9.79 Å². The molecule has 148 valence electrons. The lowest BCUT2D eigenvalue weighted by molar-refractivity contribution is 0.0691. The summed E-state index contributed by atoms with van der Waals surface area (Å²) in [7, 11) is -3.88. The van der Waals surface area contributed by atoms with Crippen molar-refractivity contribution in [1.29, 1.82) is 0 Å². The molecule has 3 aromatic carbocycles. The molecule has 4 N–H and O–H groups in total. The number of carbonyl (C=O) groups is 2. The van der Waals surface area contributed by atoms with Crippen molar-refractivity contribution in [2.24, 2.45) is 0 Å². The smallest absolute Gasteiger partial charge is 0.336 e. The number of carbonyl (C=O) groups excluding carboxylic acids is 1. The number of carboxylic acid groups (broad SMARTS) is 1. The molecular weight excluding hydrogens is 399 g/mol. The molecule has 0 fully saturated rings. The largest absolute Gasteiger partial charge is 0.478 e. The Hall–Kier alpha value is -3.72. The minimum absolute atomic E-state index is 0.0115. The molecule has 29 heavy (non-hydrogen) atoms. The number of amides is 1. The van der Waals surface area contributed by atoms with E-state index < -0.39 is 38.7 Å². The van der Waals surface area contributed by atoms with Gasteiger partial charge in [0.05, 0.1) is 20.9 Å². The van der Waals surface area contributed by atoms with Crippen molar-refractivity contribution in [3.63, 3.8) is 0 Å².